The predicted molar refractivity (Wildman–Crippen MR) is 117 cm³/mol. The molecule has 0 spiro atoms. The molecule has 2 aromatic carbocycles. The topological polar surface area (TPSA) is 69.2 Å². The van der Waals surface area contributed by atoms with Gasteiger partial charge in [0.15, 0.2) is 11.5 Å². The van der Waals surface area contributed by atoms with Crippen molar-refractivity contribution in [1.29, 1.82) is 0 Å². The SMILES string of the molecule is CCCOc1c(Br)cc(/C=N\NC(=O)c2cc(Br)ccc2OC)cc1OCC. The number of carbonyl (C=O) groups excluding carboxylic acids is 1. The lowest BCUT2D eigenvalue weighted by Gasteiger charge is -2.14. The number of hydrogen-bond acceptors (Lipinski definition) is 5. The monoisotopic (exact) mass is 512 g/mol. The zero-order valence-electron chi connectivity index (χ0n) is 15.9. The molecule has 0 unspecified atom stereocenters. The van der Waals surface area contributed by atoms with Crippen LogP contribution in [0.5, 0.6) is 17.2 Å². The van der Waals surface area contributed by atoms with Crippen molar-refractivity contribution in [3.8, 4) is 17.2 Å². The Bertz CT molecular complexity index is 856. The van der Waals surface area contributed by atoms with Crippen LogP contribution in [0.2, 0.25) is 0 Å². The normalized spacial score (nSPS) is 10.8. The van der Waals surface area contributed by atoms with Crippen molar-refractivity contribution >= 4 is 44.0 Å². The third-order valence-corrected chi connectivity index (χ3v) is 4.65. The fourth-order valence-corrected chi connectivity index (χ4v) is 3.29. The average molecular weight is 514 g/mol. The molecule has 0 saturated heterocycles. The van der Waals surface area contributed by atoms with Gasteiger partial charge in [0.25, 0.3) is 5.91 Å². The molecule has 0 aliphatic rings. The maximum atomic E-state index is 12.4. The van der Waals surface area contributed by atoms with Crippen molar-refractivity contribution in [2.24, 2.45) is 5.10 Å². The lowest BCUT2D eigenvalue weighted by molar-refractivity contribution is 0.0952. The van der Waals surface area contributed by atoms with Crippen molar-refractivity contribution in [2.45, 2.75) is 20.3 Å². The van der Waals surface area contributed by atoms with Gasteiger partial charge in [-0.3, -0.25) is 4.79 Å². The number of rotatable bonds is 9. The van der Waals surface area contributed by atoms with E-state index in [0.29, 0.717) is 36.0 Å². The number of benzene rings is 2. The molecule has 28 heavy (non-hydrogen) atoms. The molecule has 2 aromatic rings. The van der Waals surface area contributed by atoms with E-state index in [1.807, 2.05) is 26.0 Å². The van der Waals surface area contributed by atoms with Gasteiger partial charge in [-0.25, -0.2) is 5.43 Å². The zero-order chi connectivity index (χ0) is 20.5. The van der Waals surface area contributed by atoms with Crippen LogP contribution in [0.4, 0.5) is 0 Å². The van der Waals surface area contributed by atoms with Crippen molar-refractivity contribution in [2.75, 3.05) is 20.3 Å². The summed E-state index contributed by atoms with van der Waals surface area (Å²) in [5.41, 5.74) is 3.65. The van der Waals surface area contributed by atoms with Gasteiger partial charge in [0.05, 0.1) is 36.6 Å². The highest BCUT2D eigenvalue weighted by molar-refractivity contribution is 9.10. The Kier molecular flexibility index (Phi) is 8.79. The molecule has 1 amide bonds. The Hall–Kier alpha value is -2.06. The highest BCUT2D eigenvalue weighted by Gasteiger charge is 2.13. The van der Waals surface area contributed by atoms with E-state index in [1.54, 1.807) is 24.4 Å². The molecular weight excluding hydrogens is 492 g/mol. The summed E-state index contributed by atoms with van der Waals surface area (Å²) in [4.78, 5) is 12.4. The van der Waals surface area contributed by atoms with Gasteiger partial charge in [0.1, 0.15) is 5.75 Å². The number of hydrogen-bond donors (Lipinski definition) is 1. The highest BCUT2D eigenvalue weighted by Crippen LogP contribution is 2.36. The Morgan fingerprint density at radius 2 is 1.93 bits per heavy atom. The molecule has 0 saturated carbocycles. The molecule has 150 valence electrons. The van der Waals surface area contributed by atoms with Crippen LogP contribution < -0.4 is 19.6 Å². The Balaban J connectivity index is 2.17. The van der Waals surface area contributed by atoms with Gasteiger partial charge in [-0.15, -0.1) is 0 Å². The summed E-state index contributed by atoms with van der Waals surface area (Å²) in [5, 5.41) is 4.04. The van der Waals surface area contributed by atoms with Gasteiger partial charge in [0, 0.05) is 4.47 Å². The fraction of sp³-hybridized carbons (Fsp3) is 0.300. The zero-order valence-corrected chi connectivity index (χ0v) is 19.1. The van der Waals surface area contributed by atoms with Crippen LogP contribution in [0, 0.1) is 0 Å². The molecule has 0 aliphatic carbocycles. The number of ether oxygens (including phenoxy) is 3. The number of hydrazone groups is 1. The second kappa shape index (κ2) is 11.1. The largest absolute Gasteiger partial charge is 0.496 e. The smallest absolute Gasteiger partial charge is 0.275 e. The minimum Gasteiger partial charge on any atom is -0.496 e. The standard InChI is InChI=1S/C20H22Br2N2O4/c1-4-8-28-19-16(22)9-13(10-18(19)27-5-2)12-23-24-20(25)15-11-14(21)6-7-17(15)26-3/h6-7,9-12H,4-5,8H2,1-3H3,(H,24,25)/b23-12-. The minimum atomic E-state index is -0.374. The quantitative estimate of drug-likeness (QED) is 0.371. The maximum absolute atomic E-state index is 12.4. The van der Waals surface area contributed by atoms with E-state index >= 15 is 0 Å². The minimum absolute atomic E-state index is 0.374. The van der Waals surface area contributed by atoms with E-state index < -0.39 is 0 Å². The first kappa shape index (κ1) is 22.2. The number of amides is 1. The molecule has 2 rings (SSSR count). The van der Waals surface area contributed by atoms with Crippen LogP contribution in [0.25, 0.3) is 0 Å². The summed E-state index contributed by atoms with van der Waals surface area (Å²) < 4.78 is 18.2. The van der Waals surface area contributed by atoms with Gasteiger partial charge < -0.3 is 14.2 Å². The first-order valence-corrected chi connectivity index (χ1v) is 10.3. The Morgan fingerprint density at radius 3 is 2.61 bits per heavy atom. The van der Waals surface area contributed by atoms with E-state index in [9.17, 15) is 4.79 Å². The summed E-state index contributed by atoms with van der Waals surface area (Å²) in [7, 11) is 1.51. The molecule has 0 radical (unpaired) electrons. The molecule has 1 N–H and O–H groups in total. The number of methoxy groups -OCH3 is 1. The molecule has 0 heterocycles. The number of halogens is 2. The molecular formula is C20H22Br2N2O4. The summed E-state index contributed by atoms with van der Waals surface area (Å²) in [5.74, 6) is 1.37. The van der Waals surface area contributed by atoms with E-state index in [4.69, 9.17) is 14.2 Å². The second-order valence-corrected chi connectivity index (χ2v) is 7.43. The van der Waals surface area contributed by atoms with Crippen LogP contribution in [-0.4, -0.2) is 32.4 Å². The van der Waals surface area contributed by atoms with Crippen molar-refractivity contribution < 1.29 is 19.0 Å². The van der Waals surface area contributed by atoms with Crippen LogP contribution in [0.1, 0.15) is 36.2 Å². The Morgan fingerprint density at radius 1 is 1.14 bits per heavy atom. The second-order valence-electron chi connectivity index (χ2n) is 5.66. The lowest BCUT2D eigenvalue weighted by atomic mass is 10.2. The maximum Gasteiger partial charge on any atom is 0.275 e. The highest BCUT2D eigenvalue weighted by atomic mass is 79.9. The summed E-state index contributed by atoms with van der Waals surface area (Å²) in [6.07, 6.45) is 2.44. The first-order chi connectivity index (χ1) is 13.5. The summed E-state index contributed by atoms with van der Waals surface area (Å²) in [6, 6.07) is 8.85. The predicted octanol–water partition coefficient (Wildman–Crippen LogP) is 5.17. The molecule has 6 nitrogen and oxygen atoms in total. The third kappa shape index (κ3) is 5.97. The van der Waals surface area contributed by atoms with E-state index in [-0.39, 0.29) is 5.91 Å². The van der Waals surface area contributed by atoms with E-state index in [1.165, 1.54) is 7.11 Å². The van der Waals surface area contributed by atoms with Crippen LogP contribution in [0.3, 0.4) is 0 Å². The molecule has 8 heteroatoms. The average Bonchev–Trinajstić information content (AvgIpc) is 2.67. The number of nitrogens with zero attached hydrogens (tertiary/aromatic N) is 1. The van der Waals surface area contributed by atoms with E-state index in [2.05, 4.69) is 42.4 Å². The third-order valence-electron chi connectivity index (χ3n) is 3.57. The molecule has 0 aromatic heterocycles. The van der Waals surface area contributed by atoms with Crippen molar-refractivity contribution in [1.82, 2.24) is 5.43 Å². The Labute approximate surface area is 181 Å². The lowest BCUT2D eigenvalue weighted by Crippen LogP contribution is -2.18. The fourth-order valence-electron chi connectivity index (χ4n) is 2.35. The molecule has 0 aliphatic heterocycles. The summed E-state index contributed by atoms with van der Waals surface area (Å²) in [6.45, 7) is 5.05. The van der Waals surface area contributed by atoms with Gasteiger partial charge in [-0.2, -0.15) is 5.10 Å². The molecule has 0 atom stereocenters. The number of nitrogens with one attached hydrogen (secondary N) is 1. The molecule has 0 fully saturated rings. The number of carbonyl (C=O) groups is 1. The van der Waals surface area contributed by atoms with Crippen molar-refractivity contribution in [3.63, 3.8) is 0 Å². The van der Waals surface area contributed by atoms with Crippen LogP contribution >= 0.6 is 31.9 Å². The van der Waals surface area contributed by atoms with E-state index in [0.717, 1.165) is 20.9 Å². The first-order valence-electron chi connectivity index (χ1n) is 8.76. The molecule has 0 bridgehead atoms. The van der Waals surface area contributed by atoms with Gasteiger partial charge >= 0.3 is 0 Å². The van der Waals surface area contributed by atoms with Gasteiger partial charge in [-0.1, -0.05) is 22.9 Å². The van der Waals surface area contributed by atoms with Crippen LogP contribution in [-0.2, 0) is 0 Å². The summed E-state index contributed by atoms with van der Waals surface area (Å²) >= 11 is 6.86. The van der Waals surface area contributed by atoms with Gasteiger partial charge in [-0.05, 0) is 65.2 Å². The van der Waals surface area contributed by atoms with Gasteiger partial charge in [0.2, 0.25) is 0 Å². The van der Waals surface area contributed by atoms with Crippen molar-refractivity contribution in [3.05, 3.63) is 50.4 Å². The van der Waals surface area contributed by atoms with Crippen LogP contribution in [0.15, 0.2) is 44.4 Å².